The normalized spacial score (nSPS) is 27.7. The monoisotopic (exact) mass is 245 g/mol. The van der Waals surface area contributed by atoms with E-state index in [0.29, 0.717) is 6.04 Å². The first-order valence-electron chi connectivity index (χ1n) is 7.23. The first-order valence-corrected chi connectivity index (χ1v) is 7.23. The summed E-state index contributed by atoms with van der Waals surface area (Å²) in [5.41, 5.74) is 1.21. The Balaban J connectivity index is 1.67. The fourth-order valence-electron chi connectivity index (χ4n) is 3.34. The van der Waals surface area contributed by atoms with E-state index in [9.17, 15) is 0 Å². The van der Waals surface area contributed by atoms with Gasteiger partial charge < -0.3 is 0 Å². The zero-order valence-corrected chi connectivity index (χ0v) is 11.3. The maximum Gasteiger partial charge on any atom is 0.0572 e. The average molecular weight is 245 g/mol. The van der Waals surface area contributed by atoms with Crippen molar-refractivity contribution in [3.63, 3.8) is 0 Å². The van der Waals surface area contributed by atoms with Gasteiger partial charge >= 0.3 is 0 Å². The number of aromatic nitrogens is 1. The first kappa shape index (κ1) is 12.1. The molecular weight excluding hydrogens is 222 g/mol. The van der Waals surface area contributed by atoms with Crippen molar-refractivity contribution in [2.75, 3.05) is 26.2 Å². The highest BCUT2D eigenvalue weighted by molar-refractivity contribution is 5.08. The SMILES string of the molecule is CC(c1ccccn1)N1CCN2CCCCC2C1. The van der Waals surface area contributed by atoms with Crippen molar-refractivity contribution in [2.45, 2.75) is 38.3 Å². The summed E-state index contributed by atoms with van der Waals surface area (Å²) in [4.78, 5) is 9.79. The van der Waals surface area contributed by atoms with Crippen molar-refractivity contribution in [3.05, 3.63) is 30.1 Å². The van der Waals surface area contributed by atoms with Crippen molar-refractivity contribution in [1.82, 2.24) is 14.8 Å². The smallest absolute Gasteiger partial charge is 0.0572 e. The average Bonchev–Trinajstić information content (AvgIpc) is 2.47. The molecule has 2 atom stereocenters. The number of fused-ring (bicyclic) bond motifs is 1. The van der Waals surface area contributed by atoms with Crippen molar-refractivity contribution >= 4 is 0 Å². The molecule has 3 nitrogen and oxygen atoms in total. The fourth-order valence-corrected chi connectivity index (χ4v) is 3.34. The molecule has 3 heteroatoms. The van der Waals surface area contributed by atoms with Crippen LogP contribution in [0.4, 0.5) is 0 Å². The van der Waals surface area contributed by atoms with Gasteiger partial charge in [-0.1, -0.05) is 12.5 Å². The van der Waals surface area contributed by atoms with Gasteiger partial charge in [0.15, 0.2) is 0 Å². The van der Waals surface area contributed by atoms with Crippen molar-refractivity contribution < 1.29 is 0 Å². The number of nitrogens with zero attached hydrogens (tertiary/aromatic N) is 3. The summed E-state index contributed by atoms with van der Waals surface area (Å²) in [6, 6.07) is 7.48. The van der Waals surface area contributed by atoms with E-state index in [1.807, 2.05) is 12.3 Å². The zero-order valence-electron chi connectivity index (χ0n) is 11.3. The Morgan fingerprint density at radius 3 is 3.00 bits per heavy atom. The van der Waals surface area contributed by atoms with E-state index in [4.69, 9.17) is 0 Å². The molecule has 3 rings (SSSR count). The fraction of sp³-hybridized carbons (Fsp3) is 0.667. The van der Waals surface area contributed by atoms with Crippen molar-refractivity contribution in [1.29, 1.82) is 0 Å². The summed E-state index contributed by atoms with van der Waals surface area (Å²) in [5.74, 6) is 0. The molecule has 2 unspecified atom stereocenters. The van der Waals surface area contributed by atoms with Crippen LogP contribution in [0.25, 0.3) is 0 Å². The molecule has 0 aliphatic carbocycles. The Bertz CT molecular complexity index is 379. The Kier molecular flexibility index (Phi) is 3.62. The van der Waals surface area contributed by atoms with E-state index in [0.717, 1.165) is 6.04 Å². The summed E-state index contributed by atoms with van der Waals surface area (Å²) in [7, 11) is 0. The van der Waals surface area contributed by atoms with Gasteiger partial charge in [-0.2, -0.15) is 0 Å². The lowest BCUT2D eigenvalue weighted by Gasteiger charge is -2.45. The van der Waals surface area contributed by atoms with E-state index >= 15 is 0 Å². The van der Waals surface area contributed by atoms with Crippen LogP contribution in [0, 0.1) is 0 Å². The number of rotatable bonds is 2. The summed E-state index contributed by atoms with van der Waals surface area (Å²) >= 11 is 0. The topological polar surface area (TPSA) is 19.4 Å². The zero-order chi connectivity index (χ0) is 12.4. The van der Waals surface area contributed by atoms with Gasteiger partial charge in [-0.15, -0.1) is 0 Å². The Morgan fingerprint density at radius 1 is 1.22 bits per heavy atom. The molecule has 3 heterocycles. The third-order valence-electron chi connectivity index (χ3n) is 4.53. The van der Waals surface area contributed by atoms with E-state index < -0.39 is 0 Å². The van der Waals surface area contributed by atoms with Gasteiger partial charge in [-0.25, -0.2) is 0 Å². The van der Waals surface area contributed by atoms with Crippen LogP contribution in [0.1, 0.15) is 37.9 Å². The lowest BCUT2D eigenvalue weighted by atomic mass is 9.98. The minimum absolute atomic E-state index is 0.454. The van der Waals surface area contributed by atoms with Crippen LogP contribution in [-0.4, -0.2) is 47.0 Å². The molecule has 0 saturated carbocycles. The first-order chi connectivity index (χ1) is 8.84. The standard InChI is InChI=1S/C15H23N3/c1-13(15-7-2-4-8-16-15)18-11-10-17-9-5-3-6-14(17)12-18/h2,4,7-8,13-14H,3,5-6,9-12H2,1H3. The molecule has 0 amide bonds. The number of hydrogen-bond acceptors (Lipinski definition) is 3. The minimum atomic E-state index is 0.454. The van der Waals surface area contributed by atoms with E-state index in [2.05, 4.69) is 33.8 Å². The Hall–Kier alpha value is -0.930. The molecule has 0 aromatic carbocycles. The molecule has 0 bridgehead atoms. The second-order valence-electron chi connectivity index (χ2n) is 5.61. The molecular formula is C15H23N3. The van der Waals surface area contributed by atoms with E-state index in [-0.39, 0.29) is 0 Å². The highest BCUT2D eigenvalue weighted by atomic mass is 15.3. The summed E-state index contributed by atoms with van der Waals surface area (Å²) in [6.07, 6.45) is 6.09. The van der Waals surface area contributed by atoms with Gasteiger partial charge in [0.2, 0.25) is 0 Å². The number of pyridine rings is 1. The Morgan fingerprint density at radius 2 is 2.17 bits per heavy atom. The largest absolute Gasteiger partial charge is 0.298 e. The molecule has 1 aromatic rings. The van der Waals surface area contributed by atoms with E-state index in [1.165, 1.54) is 51.1 Å². The maximum atomic E-state index is 4.50. The predicted octanol–water partition coefficient (Wildman–Crippen LogP) is 2.31. The lowest BCUT2D eigenvalue weighted by molar-refractivity contribution is 0.0299. The number of piperazine rings is 1. The van der Waals surface area contributed by atoms with Gasteiger partial charge in [0.1, 0.15) is 0 Å². The van der Waals surface area contributed by atoms with Crippen LogP contribution in [0.15, 0.2) is 24.4 Å². The summed E-state index contributed by atoms with van der Waals surface area (Å²) < 4.78 is 0. The third kappa shape index (κ3) is 2.43. The molecule has 0 radical (unpaired) electrons. The third-order valence-corrected chi connectivity index (χ3v) is 4.53. The van der Waals surface area contributed by atoms with Gasteiger partial charge in [-0.3, -0.25) is 14.8 Å². The van der Waals surface area contributed by atoms with Gasteiger partial charge in [0.05, 0.1) is 5.69 Å². The number of hydrogen-bond donors (Lipinski definition) is 0. The van der Waals surface area contributed by atoms with Crippen LogP contribution < -0.4 is 0 Å². The minimum Gasteiger partial charge on any atom is -0.298 e. The Labute approximate surface area is 110 Å². The highest BCUT2D eigenvalue weighted by Crippen LogP contribution is 2.26. The van der Waals surface area contributed by atoms with Gasteiger partial charge in [0.25, 0.3) is 0 Å². The summed E-state index contributed by atoms with van der Waals surface area (Å²) in [5, 5.41) is 0. The highest BCUT2D eigenvalue weighted by Gasteiger charge is 2.31. The molecule has 18 heavy (non-hydrogen) atoms. The van der Waals surface area contributed by atoms with Crippen molar-refractivity contribution in [3.8, 4) is 0 Å². The van der Waals surface area contributed by atoms with Crippen LogP contribution in [-0.2, 0) is 0 Å². The quantitative estimate of drug-likeness (QED) is 0.797. The van der Waals surface area contributed by atoms with Crippen LogP contribution in [0.5, 0.6) is 0 Å². The second kappa shape index (κ2) is 5.37. The molecule has 0 spiro atoms. The van der Waals surface area contributed by atoms with Crippen molar-refractivity contribution in [2.24, 2.45) is 0 Å². The number of piperidine rings is 1. The second-order valence-corrected chi connectivity index (χ2v) is 5.61. The van der Waals surface area contributed by atoms with Gasteiger partial charge in [-0.05, 0) is 38.4 Å². The van der Waals surface area contributed by atoms with Gasteiger partial charge in [0, 0.05) is 37.9 Å². The molecule has 2 aliphatic heterocycles. The molecule has 98 valence electrons. The lowest BCUT2D eigenvalue weighted by Crippen LogP contribution is -2.55. The maximum absolute atomic E-state index is 4.50. The molecule has 2 aliphatic rings. The van der Waals surface area contributed by atoms with Crippen LogP contribution in [0.3, 0.4) is 0 Å². The molecule has 1 aromatic heterocycles. The summed E-state index contributed by atoms with van der Waals surface area (Å²) in [6.45, 7) is 7.26. The predicted molar refractivity (Wildman–Crippen MR) is 73.4 cm³/mol. The van der Waals surface area contributed by atoms with Crippen LogP contribution in [0.2, 0.25) is 0 Å². The molecule has 2 fully saturated rings. The molecule has 0 N–H and O–H groups in total. The van der Waals surface area contributed by atoms with Crippen LogP contribution >= 0.6 is 0 Å². The van der Waals surface area contributed by atoms with E-state index in [1.54, 1.807) is 0 Å². The molecule has 2 saturated heterocycles.